The molecule has 0 saturated carbocycles. The molecule has 1 aromatic rings. The second-order valence-corrected chi connectivity index (χ2v) is 4.74. The Morgan fingerprint density at radius 2 is 1.94 bits per heavy atom. The summed E-state index contributed by atoms with van der Waals surface area (Å²) in [7, 11) is 0. The molecule has 18 heavy (non-hydrogen) atoms. The Labute approximate surface area is 109 Å². The molecule has 0 bridgehead atoms. The molecule has 96 valence electrons. The van der Waals surface area contributed by atoms with Gasteiger partial charge < -0.3 is 10.6 Å². The van der Waals surface area contributed by atoms with Crippen molar-refractivity contribution in [2.45, 2.75) is 13.0 Å². The monoisotopic (exact) mass is 244 g/mol. The van der Waals surface area contributed by atoms with E-state index in [1.54, 1.807) is 0 Å². The van der Waals surface area contributed by atoms with Crippen LogP contribution in [-0.4, -0.2) is 43.7 Å². The van der Waals surface area contributed by atoms with Crippen molar-refractivity contribution in [2.24, 2.45) is 5.73 Å². The zero-order chi connectivity index (χ0) is 13.0. The number of nitrogens with zero attached hydrogens (tertiary/aromatic N) is 3. The van der Waals surface area contributed by atoms with E-state index < -0.39 is 0 Å². The molecule has 4 heteroatoms. The third-order valence-corrected chi connectivity index (χ3v) is 3.64. The zero-order valence-electron chi connectivity index (χ0n) is 10.8. The fraction of sp³-hybridized carbons (Fsp3) is 0.500. The van der Waals surface area contributed by atoms with Gasteiger partial charge in [-0.05, 0) is 19.1 Å². The average Bonchev–Trinajstić information content (AvgIpc) is 2.46. The molecular formula is C14H20N4. The molecule has 1 heterocycles. The predicted octanol–water partition coefficient (Wildman–Crippen LogP) is 1.03. The standard InChI is InChI=1S/C14H20N4/c1-12(10-15)17-6-8-18(9-7-17)14-5-3-2-4-13(14)11-16/h2-5,12H,6-10,15H2,1H3. The molecule has 1 unspecified atom stereocenters. The maximum atomic E-state index is 9.12. The highest BCUT2D eigenvalue weighted by atomic mass is 15.3. The smallest absolute Gasteiger partial charge is 0.101 e. The minimum absolute atomic E-state index is 0.443. The summed E-state index contributed by atoms with van der Waals surface area (Å²) >= 11 is 0. The minimum Gasteiger partial charge on any atom is -0.368 e. The lowest BCUT2D eigenvalue weighted by Gasteiger charge is -2.39. The van der Waals surface area contributed by atoms with Crippen molar-refractivity contribution in [3.8, 4) is 6.07 Å². The number of rotatable bonds is 3. The van der Waals surface area contributed by atoms with Crippen LogP contribution in [-0.2, 0) is 0 Å². The zero-order valence-corrected chi connectivity index (χ0v) is 10.8. The molecule has 2 rings (SSSR count). The van der Waals surface area contributed by atoms with E-state index in [4.69, 9.17) is 11.0 Å². The molecule has 2 N–H and O–H groups in total. The SMILES string of the molecule is CC(CN)N1CCN(c2ccccc2C#N)CC1. The maximum absolute atomic E-state index is 9.12. The van der Waals surface area contributed by atoms with Gasteiger partial charge in [0, 0.05) is 38.8 Å². The fourth-order valence-electron chi connectivity index (χ4n) is 2.40. The quantitative estimate of drug-likeness (QED) is 0.862. The average molecular weight is 244 g/mol. The molecule has 1 aliphatic rings. The van der Waals surface area contributed by atoms with Crippen LogP contribution in [0, 0.1) is 11.3 Å². The van der Waals surface area contributed by atoms with Crippen molar-refractivity contribution >= 4 is 5.69 Å². The molecule has 4 nitrogen and oxygen atoms in total. The van der Waals surface area contributed by atoms with E-state index in [0.29, 0.717) is 12.6 Å². The highest BCUT2D eigenvalue weighted by Crippen LogP contribution is 2.21. The largest absolute Gasteiger partial charge is 0.368 e. The van der Waals surface area contributed by atoms with Crippen LogP contribution in [0.5, 0.6) is 0 Å². The van der Waals surface area contributed by atoms with E-state index in [0.717, 1.165) is 37.4 Å². The van der Waals surface area contributed by atoms with Gasteiger partial charge in [0.25, 0.3) is 0 Å². The van der Waals surface area contributed by atoms with Crippen LogP contribution in [0.25, 0.3) is 0 Å². The summed E-state index contributed by atoms with van der Waals surface area (Å²) < 4.78 is 0. The van der Waals surface area contributed by atoms with Gasteiger partial charge in [0.05, 0.1) is 11.3 Å². The third kappa shape index (κ3) is 2.63. The summed E-state index contributed by atoms with van der Waals surface area (Å²) in [6, 6.07) is 10.5. The van der Waals surface area contributed by atoms with E-state index in [9.17, 15) is 0 Å². The third-order valence-electron chi connectivity index (χ3n) is 3.64. The lowest BCUT2D eigenvalue weighted by atomic mass is 10.1. The molecule has 1 aliphatic heterocycles. The van der Waals surface area contributed by atoms with E-state index in [1.807, 2.05) is 24.3 Å². The summed E-state index contributed by atoms with van der Waals surface area (Å²) in [6.45, 7) is 6.82. The number of hydrogen-bond donors (Lipinski definition) is 1. The van der Waals surface area contributed by atoms with Gasteiger partial charge in [0.2, 0.25) is 0 Å². The van der Waals surface area contributed by atoms with Gasteiger partial charge in [-0.1, -0.05) is 12.1 Å². The highest BCUT2D eigenvalue weighted by molar-refractivity contribution is 5.59. The van der Waals surface area contributed by atoms with Crippen molar-refractivity contribution in [1.82, 2.24) is 4.90 Å². The van der Waals surface area contributed by atoms with Gasteiger partial charge >= 0.3 is 0 Å². The first kappa shape index (κ1) is 12.9. The topological polar surface area (TPSA) is 56.3 Å². The first-order valence-corrected chi connectivity index (χ1v) is 6.44. The summed E-state index contributed by atoms with van der Waals surface area (Å²) in [5.74, 6) is 0. The summed E-state index contributed by atoms with van der Waals surface area (Å²) in [5.41, 5.74) is 7.51. The summed E-state index contributed by atoms with van der Waals surface area (Å²) in [4.78, 5) is 4.70. The first-order chi connectivity index (χ1) is 8.76. The van der Waals surface area contributed by atoms with Gasteiger partial charge in [-0.25, -0.2) is 0 Å². The molecule has 0 aliphatic carbocycles. The Bertz CT molecular complexity index is 430. The van der Waals surface area contributed by atoms with E-state index in [2.05, 4.69) is 22.8 Å². The van der Waals surface area contributed by atoms with Crippen molar-refractivity contribution in [3.05, 3.63) is 29.8 Å². The first-order valence-electron chi connectivity index (χ1n) is 6.44. The van der Waals surface area contributed by atoms with Crippen molar-refractivity contribution in [1.29, 1.82) is 5.26 Å². The van der Waals surface area contributed by atoms with Crippen molar-refractivity contribution in [3.63, 3.8) is 0 Å². The van der Waals surface area contributed by atoms with Crippen LogP contribution in [0.3, 0.4) is 0 Å². The minimum atomic E-state index is 0.443. The number of para-hydroxylation sites is 1. The van der Waals surface area contributed by atoms with Gasteiger partial charge in [-0.3, -0.25) is 4.90 Å². The van der Waals surface area contributed by atoms with E-state index in [-0.39, 0.29) is 0 Å². The van der Waals surface area contributed by atoms with Crippen LogP contribution >= 0.6 is 0 Å². The predicted molar refractivity (Wildman–Crippen MR) is 73.5 cm³/mol. The number of nitriles is 1. The lowest BCUT2D eigenvalue weighted by molar-refractivity contribution is 0.201. The van der Waals surface area contributed by atoms with Gasteiger partial charge in [0.15, 0.2) is 0 Å². The Morgan fingerprint density at radius 3 is 2.56 bits per heavy atom. The lowest BCUT2D eigenvalue weighted by Crippen LogP contribution is -2.51. The van der Waals surface area contributed by atoms with E-state index >= 15 is 0 Å². The van der Waals surface area contributed by atoms with Gasteiger partial charge in [0.1, 0.15) is 6.07 Å². The number of hydrogen-bond acceptors (Lipinski definition) is 4. The summed E-state index contributed by atoms with van der Waals surface area (Å²) in [5, 5.41) is 9.12. The van der Waals surface area contributed by atoms with Crippen LogP contribution in [0.2, 0.25) is 0 Å². The molecule has 0 aromatic heterocycles. The molecular weight excluding hydrogens is 224 g/mol. The Kier molecular flexibility index (Phi) is 4.19. The summed E-state index contributed by atoms with van der Waals surface area (Å²) in [6.07, 6.45) is 0. The normalized spacial score (nSPS) is 18.4. The maximum Gasteiger partial charge on any atom is 0.101 e. The van der Waals surface area contributed by atoms with Crippen LogP contribution < -0.4 is 10.6 Å². The number of benzene rings is 1. The molecule has 0 radical (unpaired) electrons. The molecule has 0 spiro atoms. The van der Waals surface area contributed by atoms with Crippen LogP contribution in [0.15, 0.2) is 24.3 Å². The van der Waals surface area contributed by atoms with Crippen molar-refractivity contribution < 1.29 is 0 Å². The van der Waals surface area contributed by atoms with Crippen LogP contribution in [0.4, 0.5) is 5.69 Å². The molecule has 1 aromatic carbocycles. The molecule has 1 fully saturated rings. The second kappa shape index (κ2) is 5.85. The number of anilines is 1. The number of piperazine rings is 1. The number of nitrogens with two attached hydrogens (primary N) is 1. The van der Waals surface area contributed by atoms with Crippen molar-refractivity contribution in [2.75, 3.05) is 37.6 Å². The van der Waals surface area contributed by atoms with E-state index in [1.165, 1.54) is 0 Å². The second-order valence-electron chi connectivity index (χ2n) is 4.74. The van der Waals surface area contributed by atoms with Crippen LogP contribution in [0.1, 0.15) is 12.5 Å². The molecule has 1 atom stereocenters. The molecule has 0 amide bonds. The molecule has 1 saturated heterocycles. The Hall–Kier alpha value is -1.57. The Balaban J connectivity index is 2.04. The Morgan fingerprint density at radius 1 is 1.28 bits per heavy atom. The van der Waals surface area contributed by atoms with Gasteiger partial charge in [-0.15, -0.1) is 0 Å². The fourth-order valence-corrected chi connectivity index (χ4v) is 2.40. The van der Waals surface area contributed by atoms with Gasteiger partial charge in [-0.2, -0.15) is 5.26 Å². The highest BCUT2D eigenvalue weighted by Gasteiger charge is 2.21.